The summed E-state index contributed by atoms with van der Waals surface area (Å²) in [6.07, 6.45) is 3.36. The van der Waals surface area contributed by atoms with Crippen LogP contribution in [0.2, 0.25) is 10.0 Å². The number of nitrogens with zero attached hydrogens (tertiary/aromatic N) is 2. The second kappa shape index (κ2) is 8.78. The third kappa shape index (κ3) is 4.27. The molecule has 1 heterocycles. The van der Waals surface area contributed by atoms with Gasteiger partial charge in [0.15, 0.2) is 0 Å². The maximum absolute atomic E-state index is 13.1. The smallest absolute Gasteiger partial charge is 0.260 e. The van der Waals surface area contributed by atoms with Crippen molar-refractivity contribution in [2.75, 3.05) is 11.9 Å². The van der Waals surface area contributed by atoms with E-state index in [2.05, 4.69) is 10.4 Å². The van der Waals surface area contributed by atoms with Crippen LogP contribution in [0.3, 0.4) is 0 Å². The SMILES string of the molecule is CCOc1ccc2ccccc2c1C(=O)Nc1cnn(Cc2ccc(Cl)cc2Cl)c1. The molecule has 30 heavy (non-hydrogen) atoms. The first kappa shape index (κ1) is 20.3. The van der Waals surface area contributed by atoms with Gasteiger partial charge in [0.25, 0.3) is 5.91 Å². The first-order chi connectivity index (χ1) is 14.5. The highest BCUT2D eigenvalue weighted by molar-refractivity contribution is 6.35. The second-order valence-corrected chi connectivity index (χ2v) is 7.55. The second-order valence-electron chi connectivity index (χ2n) is 6.71. The molecule has 0 bridgehead atoms. The number of hydrogen-bond acceptors (Lipinski definition) is 3. The number of anilines is 1. The molecule has 3 aromatic carbocycles. The van der Waals surface area contributed by atoms with Crippen LogP contribution in [0.5, 0.6) is 5.75 Å². The highest BCUT2D eigenvalue weighted by Gasteiger charge is 2.17. The molecule has 0 aliphatic carbocycles. The van der Waals surface area contributed by atoms with Crippen LogP contribution in [0.15, 0.2) is 67.0 Å². The molecule has 0 radical (unpaired) electrons. The Hall–Kier alpha value is -3.02. The van der Waals surface area contributed by atoms with E-state index < -0.39 is 0 Å². The summed E-state index contributed by atoms with van der Waals surface area (Å²) in [6, 6.07) is 16.8. The lowest BCUT2D eigenvalue weighted by Gasteiger charge is -2.13. The summed E-state index contributed by atoms with van der Waals surface area (Å²) in [4.78, 5) is 13.1. The van der Waals surface area contributed by atoms with E-state index in [1.165, 1.54) is 0 Å². The van der Waals surface area contributed by atoms with Gasteiger partial charge in [-0.05, 0) is 41.5 Å². The van der Waals surface area contributed by atoms with Gasteiger partial charge in [0.1, 0.15) is 5.75 Å². The molecule has 152 valence electrons. The molecule has 0 spiro atoms. The van der Waals surface area contributed by atoms with Gasteiger partial charge in [-0.1, -0.05) is 59.6 Å². The van der Waals surface area contributed by atoms with E-state index in [0.717, 1.165) is 16.3 Å². The molecule has 0 unspecified atom stereocenters. The van der Waals surface area contributed by atoms with Gasteiger partial charge in [0, 0.05) is 16.2 Å². The summed E-state index contributed by atoms with van der Waals surface area (Å²) < 4.78 is 7.41. The summed E-state index contributed by atoms with van der Waals surface area (Å²) in [5.41, 5.74) is 1.97. The fraction of sp³-hybridized carbons (Fsp3) is 0.130. The average molecular weight is 440 g/mol. The van der Waals surface area contributed by atoms with Crippen LogP contribution in [0, 0.1) is 0 Å². The Morgan fingerprint density at radius 1 is 1.13 bits per heavy atom. The van der Waals surface area contributed by atoms with Gasteiger partial charge < -0.3 is 10.1 Å². The molecule has 1 aromatic heterocycles. The lowest BCUT2D eigenvalue weighted by Crippen LogP contribution is -2.14. The molecular formula is C23H19Cl2N3O2. The van der Waals surface area contributed by atoms with Crippen molar-refractivity contribution in [2.45, 2.75) is 13.5 Å². The van der Waals surface area contributed by atoms with Crippen LogP contribution in [0.4, 0.5) is 5.69 Å². The Bertz CT molecular complexity index is 1220. The average Bonchev–Trinajstić information content (AvgIpc) is 3.17. The van der Waals surface area contributed by atoms with Gasteiger partial charge in [-0.25, -0.2) is 0 Å². The minimum Gasteiger partial charge on any atom is -0.493 e. The number of carbonyl (C=O) groups excluding carboxylic acids is 1. The van der Waals surface area contributed by atoms with Gasteiger partial charge in [-0.15, -0.1) is 0 Å². The number of halogens is 2. The molecule has 0 aliphatic rings. The normalized spacial score (nSPS) is 10.9. The third-order valence-corrected chi connectivity index (χ3v) is 5.24. The zero-order valence-corrected chi connectivity index (χ0v) is 17.7. The summed E-state index contributed by atoms with van der Waals surface area (Å²) in [7, 11) is 0. The number of benzene rings is 3. The van der Waals surface area contributed by atoms with Crippen molar-refractivity contribution in [3.05, 3.63) is 88.2 Å². The quantitative estimate of drug-likeness (QED) is 0.398. The van der Waals surface area contributed by atoms with Crippen LogP contribution in [-0.2, 0) is 6.54 Å². The van der Waals surface area contributed by atoms with E-state index in [-0.39, 0.29) is 5.91 Å². The van der Waals surface area contributed by atoms with Crippen LogP contribution in [-0.4, -0.2) is 22.3 Å². The maximum atomic E-state index is 13.1. The highest BCUT2D eigenvalue weighted by atomic mass is 35.5. The third-order valence-electron chi connectivity index (χ3n) is 4.66. The number of ether oxygens (including phenoxy) is 1. The van der Waals surface area contributed by atoms with Gasteiger partial charge in [0.2, 0.25) is 0 Å². The van der Waals surface area contributed by atoms with Crippen molar-refractivity contribution >= 4 is 45.6 Å². The number of nitrogens with one attached hydrogen (secondary N) is 1. The predicted octanol–water partition coefficient (Wildman–Crippen LogP) is 6.04. The molecule has 4 rings (SSSR count). The fourth-order valence-corrected chi connectivity index (χ4v) is 3.76. The number of carbonyl (C=O) groups is 1. The van der Waals surface area contributed by atoms with Crippen LogP contribution in [0.25, 0.3) is 10.8 Å². The zero-order chi connectivity index (χ0) is 21.1. The van der Waals surface area contributed by atoms with Gasteiger partial charge in [-0.2, -0.15) is 5.10 Å². The number of hydrogen-bond donors (Lipinski definition) is 1. The number of fused-ring (bicyclic) bond motifs is 1. The molecule has 1 N–H and O–H groups in total. The lowest BCUT2D eigenvalue weighted by molar-refractivity contribution is 0.102. The molecular weight excluding hydrogens is 421 g/mol. The number of rotatable bonds is 6. The molecule has 0 aliphatic heterocycles. The number of amides is 1. The molecule has 1 amide bonds. The van der Waals surface area contributed by atoms with Crippen molar-refractivity contribution < 1.29 is 9.53 Å². The molecule has 0 fully saturated rings. The van der Waals surface area contributed by atoms with E-state index in [0.29, 0.717) is 40.2 Å². The van der Waals surface area contributed by atoms with Gasteiger partial charge in [0.05, 0.1) is 30.6 Å². The summed E-state index contributed by atoms with van der Waals surface area (Å²) in [6.45, 7) is 2.82. The Labute approximate surface area is 184 Å². The van der Waals surface area contributed by atoms with Crippen molar-refractivity contribution in [1.82, 2.24) is 9.78 Å². The first-order valence-electron chi connectivity index (χ1n) is 9.47. The largest absolute Gasteiger partial charge is 0.493 e. The molecule has 0 saturated carbocycles. The Morgan fingerprint density at radius 3 is 2.77 bits per heavy atom. The van der Waals surface area contributed by atoms with Crippen LogP contribution < -0.4 is 10.1 Å². The van der Waals surface area contributed by atoms with Crippen molar-refractivity contribution in [1.29, 1.82) is 0 Å². The summed E-state index contributed by atoms with van der Waals surface area (Å²) in [5, 5.41) is 10.2. The van der Waals surface area contributed by atoms with Crippen molar-refractivity contribution in [2.24, 2.45) is 0 Å². The van der Waals surface area contributed by atoms with E-state index in [1.54, 1.807) is 29.2 Å². The summed E-state index contributed by atoms with van der Waals surface area (Å²) >= 11 is 12.2. The topological polar surface area (TPSA) is 56.1 Å². The predicted molar refractivity (Wildman–Crippen MR) is 121 cm³/mol. The Morgan fingerprint density at radius 2 is 1.97 bits per heavy atom. The van der Waals surface area contributed by atoms with E-state index in [4.69, 9.17) is 27.9 Å². The van der Waals surface area contributed by atoms with Crippen LogP contribution >= 0.6 is 23.2 Å². The van der Waals surface area contributed by atoms with E-state index >= 15 is 0 Å². The first-order valence-corrected chi connectivity index (χ1v) is 10.2. The summed E-state index contributed by atoms with van der Waals surface area (Å²) in [5.74, 6) is 0.299. The van der Waals surface area contributed by atoms with E-state index in [9.17, 15) is 4.79 Å². The van der Waals surface area contributed by atoms with Crippen LogP contribution in [0.1, 0.15) is 22.8 Å². The highest BCUT2D eigenvalue weighted by Crippen LogP contribution is 2.29. The Balaban J connectivity index is 1.58. The standard InChI is InChI=1S/C23H19Cl2N3O2/c1-2-30-21-10-8-15-5-3-4-6-19(15)22(21)23(29)27-18-12-26-28(14-18)13-16-7-9-17(24)11-20(16)25/h3-12,14H,2,13H2,1H3,(H,27,29). The zero-order valence-electron chi connectivity index (χ0n) is 16.2. The van der Waals surface area contributed by atoms with Gasteiger partial charge in [-0.3, -0.25) is 9.48 Å². The van der Waals surface area contributed by atoms with Crippen molar-refractivity contribution in [3.8, 4) is 5.75 Å². The monoisotopic (exact) mass is 439 g/mol. The fourth-order valence-electron chi connectivity index (χ4n) is 3.29. The molecule has 0 atom stereocenters. The molecule has 7 heteroatoms. The Kier molecular flexibility index (Phi) is 5.93. The van der Waals surface area contributed by atoms with Gasteiger partial charge >= 0.3 is 0 Å². The molecule has 0 saturated heterocycles. The minimum atomic E-state index is -0.251. The lowest BCUT2D eigenvalue weighted by atomic mass is 10.0. The maximum Gasteiger partial charge on any atom is 0.260 e. The van der Waals surface area contributed by atoms with Crippen molar-refractivity contribution in [3.63, 3.8) is 0 Å². The van der Waals surface area contributed by atoms with E-state index in [1.807, 2.05) is 49.4 Å². The molecule has 5 nitrogen and oxygen atoms in total. The number of aromatic nitrogens is 2. The molecule has 4 aromatic rings. The minimum absolute atomic E-state index is 0.251.